The van der Waals surface area contributed by atoms with E-state index in [0.29, 0.717) is 5.46 Å². The summed E-state index contributed by atoms with van der Waals surface area (Å²) in [6.07, 6.45) is 0. The van der Waals surface area contributed by atoms with E-state index in [0.717, 1.165) is 0 Å². The third-order valence-corrected chi connectivity index (χ3v) is 4.68. The van der Waals surface area contributed by atoms with Crippen LogP contribution >= 0.6 is 0 Å². The molecule has 2 aromatic carbocycles. The number of halogens is 2. The maximum absolute atomic E-state index is 14.2. The molecule has 23 heavy (non-hydrogen) atoms. The van der Waals surface area contributed by atoms with Gasteiger partial charge in [0.1, 0.15) is 11.6 Å². The van der Waals surface area contributed by atoms with Crippen molar-refractivity contribution < 1.29 is 18.1 Å². The minimum atomic E-state index is -0.605. The standard InChI is InChI=1S/C18H19BF2O2/c1-17(2)18(3,4)23-19(22-17)12-9-10-16(21)14(11-12)13-7-5-6-8-15(13)20/h5-11H,1-4H3. The molecule has 120 valence electrons. The van der Waals surface area contributed by atoms with Crippen molar-refractivity contribution in [2.24, 2.45) is 0 Å². The Morgan fingerprint density at radius 2 is 1.35 bits per heavy atom. The quantitative estimate of drug-likeness (QED) is 0.782. The van der Waals surface area contributed by atoms with Crippen LogP contribution in [0, 0.1) is 11.6 Å². The van der Waals surface area contributed by atoms with E-state index in [1.54, 1.807) is 30.3 Å². The normalized spacial score (nSPS) is 19.1. The molecule has 1 heterocycles. The molecule has 0 atom stereocenters. The number of hydrogen-bond donors (Lipinski definition) is 0. The topological polar surface area (TPSA) is 18.5 Å². The Kier molecular flexibility index (Phi) is 3.81. The van der Waals surface area contributed by atoms with Crippen LogP contribution in [0.25, 0.3) is 11.1 Å². The van der Waals surface area contributed by atoms with Gasteiger partial charge in [-0.25, -0.2) is 8.78 Å². The van der Waals surface area contributed by atoms with Crippen LogP contribution in [0.5, 0.6) is 0 Å². The zero-order chi connectivity index (χ0) is 16.8. The largest absolute Gasteiger partial charge is 0.494 e. The van der Waals surface area contributed by atoms with Gasteiger partial charge in [-0.1, -0.05) is 30.3 Å². The minimum Gasteiger partial charge on any atom is -0.399 e. The monoisotopic (exact) mass is 316 g/mol. The lowest BCUT2D eigenvalue weighted by molar-refractivity contribution is 0.00578. The number of rotatable bonds is 2. The first-order valence-corrected chi connectivity index (χ1v) is 7.61. The van der Waals surface area contributed by atoms with Gasteiger partial charge >= 0.3 is 7.12 Å². The van der Waals surface area contributed by atoms with Gasteiger partial charge in [0.25, 0.3) is 0 Å². The van der Waals surface area contributed by atoms with Crippen LogP contribution in [0.2, 0.25) is 0 Å². The summed E-state index contributed by atoms with van der Waals surface area (Å²) < 4.78 is 40.1. The zero-order valence-corrected chi connectivity index (χ0v) is 13.7. The molecule has 2 aromatic rings. The average Bonchev–Trinajstić information content (AvgIpc) is 2.69. The average molecular weight is 316 g/mol. The summed E-state index contributed by atoms with van der Waals surface area (Å²) >= 11 is 0. The van der Waals surface area contributed by atoms with Crippen LogP contribution in [0.15, 0.2) is 42.5 Å². The SMILES string of the molecule is CC1(C)OB(c2ccc(F)c(-c3ccccc3F)c2)OC1(C)C. The summed E-state index contributed by atoms with van der Waals surface area (Å²) in [7, 11) is -0.605. The van der Waals surface area contributed by atoms with Crippen molar-refractivity contribution in [2.45, 2.75) is 38.9 Å². The minimum absolute atomic E-state index is 0.204. The van der Waals surface area contributed by atoms with Gasteiger partial charge < -0.3 is 9.31 Å². The molecule has 2 nitrogen and oxygen atoms in total. The highest BCUT2D eigenvalue weighted by Gasteiger charge is 2.51. The molecule has 1 fully saturated rings. The molecule has 0 radical (unpaired) electrons. The first-order valence-electron chi connectivity index (χ1n) is 7.61. The molecule has 1 aliphatic rings. The Morgan fingerprint density at radius 3 is 1.96 bits per heavy atom. The van der Waals surface area contributed by atoms with Gasteiger partial charge in [0, 0.05) is 11.1 Å². The van der Waals surface area contributed by atoms with E-state index < -0.39 is 30.0 Å². The number of hydrogen-bond acceptors (Lipinski definition) is 2. The maximum atomic E-state index is 14.2. The van der Waals surface area contributed by atoms with Gasteiger partial charge in [-0.15, -0.1) is 0 Å². The van der Waals surface area contributed by atoms with Gasteiger partial charge in [-0.2, -0.15) is 0 Å². The van der Waals surface area contributed by atoms with E-state index in [-0.39, 0.29) is 11.1 Å². The van der Waals surface area contributed by atoms with Gasteiger partial charge in [-0.05, 0) is 45.3 Å². The summed E-state index contributed by atoms with van der Waals surface area (Å²) in [6.45, 7) is 7.81. The Labute approximate surface area is 135 Å². The Morgan fingerprint density at radius 1 is 0.783 bits per heavy atom. The smallest absolute Gasteiger partial charge is 0.399 e. The zero-order valence-electron chi connectivity index (χ0n) is 13.7. The van der Waals surface area contributed by atoms with Crippen molar-refractivity contribution in [3.63, 3.8) is 0 Å². The number of benzene rings is 2. The summed E-state index contributed by atoms with van der Waals surface area (Å²) in [6, 6.07) is 10.7. The van der Waals surface area contributed by atoms with Gasteiger partial charge in [0.2, 0.25) is 0 Å². The second-order valence-corrected chi connectivity index (χ2v) is 6.81. The highest BCUT2D eigenvalue weighted by molar-refractivity contribution is 6.62. The lowest BCUT2D eigenvalue weighted by Crippen LogP contribution is -2.41. The van der Waals surface area contributed by atoms with E-state index in [2.05, 4.69) is 0 Å². The van der Waals surface area contributed by atoms with Gasteiger partial charge in [-0.3, -0.25) is 0 Å². The fraction of sp³-hybridized carbons (Fsp3) is 0.333. The Bertz CT molecular complexity index is 728. The predicted octanol–water partition coefficient (Wildman–Crippen LogP) is 3.93. The Balaban J connectivity index is 2.01. The molecular weight excluding hydrogens is 297 g/mol. The van der Waals surface area contributed by atoms with E-state index in [9.17, 15) is 8.78 Å². The molecule has 0 saturated carbocycles. The second-order valence-electron chi connectivity index (χ2n) is 6.81. The van der Waals surface area contributed by atoms with Gasteiger partial charge in [0.05, 0.1) is 11.2 Å². The van der Waals surface area contributed by atoms with Crippen molar-refractivity contribution in [1.82, 2.24) is 0 Å². The molecule has 1 aliphatic heterocycles. The van der Waals surface area contributed by atoms with Crippen molar-refractivity contribution in [3.8, 4) is 11.1 Å². The van der Waals surface area contributed by atoms with Crippen LogP contribution in [0.1, 0.15) is 27.7 Å². The molecule has 0 N–H and O–H groups in total. The van der Waals surface area contributed by atoms with Crippen LogP contribution in [-0.2, 0) is 9.31 Å². The molecule has 0 spiro atoms. The molecule has 1 saturated heterocycles. The summed E-state index contributed by atoms with van der Waals surface area (Å²) in [4.78, 5) is 0. The fourth-order valence-electron chi connectivity index (χ4n) is 2.55. The highest BCUT2D eigenvalue weighted by Crippen LogP contribution is 2.37. The molecule has 0 aromatic heterocycles. The van der Waals surface area contributed by atoms with Crippen LogP contribution < -0.4 is 5.46 Å². The van der Waals surface area contributed by atoms with Crippen LogP contribution in [-0.4, -0.2) is 18.3 Å². The molecule has 0 aliphatic carbocycles. The van der Waals surface area contributed by atoms with Crippen molar-refractivity contribution in [2.75, 3.05) is 0 Å². The lowest BCUT2D eigenvalue weighted by Gasteiger charge is -2.32. The molecule has 0 unspecified atom stereocenters. The summed E-state index contributed by atoms with van der Waals surface area (Å²) in [5.74, 6) is -0.937. The van der Waals surface area contributed by atoms with Crippen molar-refractivity contribution in [1.29, 1.82) is 0 Å². The first-order chi connectivity index (χ1) is 10.7. The van der Waals surface area contributed by atoms with Crippen LogP contribution in [0.3, 0.4) is 0 Å². The summed E-state index contributed by atoms with van der Waals surface area (Å²) in [5.41, 5.74) is 0.135. The maximum Gasteiger partial charge on any atom is 0.494 e. The van der Waals surface area contributed by atoms with E-state index in [1.807, 2.05) is 27.7 Å². The fourth-order valence-corrected chi connectivity index (χ4v) is 2.55. The molecule has 0 bridgehead atoms. The Hall–Kier alpha value is -1.72. The third-order valence-electron chi connectivity index (χ3n) is 4.68. The van der Waals surface area contributed by atoms with Gasteiger partial charge in [0.15, 0.2) is 0 Å². The molecule has 3 rings (SSSR count). The molecular formula is C18H19BF2O2. The summed E-state index contributed by atoms with van der Waals surface area (Å²) in [5, 5.41) is 0. The van der Waals surface area contributed by atoms with E-state index >= 15 is 0 Å². The first kappa shape index (κ1) is 16.2. The van der Waals surface area contributed by atoms with Crippen LogP contribution in [0.4, 0.5) is 8.78 Å². The highest BCUT2D eigenvalue weighted by atomic mass is 19.1. The second kappa shape index (κ2) is 5.43. The molecule has 0 amide bonds. The van der Waals surface area contributed by atoms with Crippen molar-refractivity contribution in [3.05, 3.63) is 54.1 Å². The predicted molar refractivity (Wildman–Crippen MR) is 87.5 cm³/mol. The third kappa shape index (κ3) is 2.79. The molecule has 5 heteroatoms. The van der Waals surface area contributed by atoms with E-state index in [1.165, 1.54) is 12.1 Å². The lowest BCUT2D eigenvalue weighted by atomic mass is 9.78. The van der Waals surface area contributed by atoms with E-state index in [4.69, 9.17) is 9.31 Å². The van der Waals surface area contributed by atoms with Crippen molar-refractivity contribution >= 4 is 12.6 Å².